The SMILES string of the molecule is COc1ccc(NC(=O)C(CO)NC(=O)c2cc3cccc(OC)c3o2)cc1. The fourth-order valence-electron chi connectivity index (χ4n) is 2.64. The molecule has 0 aliphatic rings. The molecule has 8 nitrogen and oxygen atoms in total. The maximum atomic E-state index is 12.5. The van der Waals surface area contributed by atoms with E-state index in [1.165, 1.54) is 7.11 Å². The average molecular weight is 384 g/mol. The smallest absolute Gasteiger partial charge is 0.287 e. The summed E-state index contributed by atoms with van der Waals surface area (Å²) in [7, 11) is 3.04. The number of rotatable bonds is 7. The van der Waals surface area contributed by atoms with Gasteiger partial charge in [0.05, 0.1) is 20.8 Å². The number of carbonyl (C=O) groups excluding carboxylic acids is 2. The van der Waals surface area contributed by atoms with Gasteiger partial charge >= 0.3 is 0 Å². The van der Waals surface area contributed by atoms with Gasteiger partial charge in [0, 0.05) is 11.1 Å². The van der Waals surface area contributed by atoms with Gasteiger partial charge in [0.2, 0.25) is 5.91 Å². The summed E-state index contributed by atoms with van der Waals surface area (Å²) in [5.41, 5.74) is 0.936. The lowest BCUT2D eigenvalue weighted by atomic mass is 10.2. The Morgan fingerprint density at radius 3 is 2.50 bits per heavy atom. The molecule has 1 unspecified atom stereocenters. The second-order valence-corrected chi connectivity index (χ2v) is 5.92. The molecule has 0 saturated carbocycles. The molecule has 2 amide bonds. The van der Waals surface area contributed by atoms with Gasteiger partial charge in [-0.15, -0.1) is 0 Å². The van der Waals surface area contributed by atoms with Crippen molar-refractivity contribution in [2.75, 3.05) is 26.1 Å². The predicted octanol–water partition coefficient (Wildman–Crippen LogP) is 2.18. The molecule has 3 N–H and O–H groups in total. The number of furan rings is 1. The van der Waals surface area contributed by atoms with Crippen LogP contribution in [0, 0.1) is 0 Å². The van der Waals surface area contributed by atoms with Crippen LogP contribution in [-0.2, 0) is 4.79 Å². The van der Waals surface area contributed by atoms with E-state index in [4.69, 9.17) is 13.9 Å². The summed E-state index contributed by atoms with van der Waals surface area (Å²) in [6.07, 6.45) is 0. The normalized spacial score (nSPS) is 11.7. The zero-order valence-corrected chi connectivity index (χ0v) is 15.4. The van der Waals surface area contributed by atoms with Crippen LogP contribution < -0.4 is 20.1 Å². The van der Waals surface area contributed by atoms with Crippen LogP contribution in [0.4, 0.5) is 5.69 Å². The largest absolute Gasteiger partial charge is 0.497 e. The molecule has 0 aliphatic heterocycles. The number of methoxy groups -OCH3 is 2. The van der Waals surface area contributed by atoms with Gasteiger partial charge < -0.3 is 29.6 Å². The highest BCUT2D eigenvalue weighted by Crippen LogP contribution is 2.28. The quantitative estimate of drug-likeness (QED) is 0.576. The van der Waals surface area contributed by atoms with Gasteiger partial charge in [-0.2, -0.15) is 0 Å². The predicted molar refractivity (Wildman–Crippen MR) is 103 cm³/mol. The first-order valence-corrected chi connectivity index (χ1v) is 8.49. The van der Waals surface area contributed by atoms with Crippen LogP contribution in [0.25, 0.3) is 11.0 Å². The second kappa shape index (κ2) is 8.45. The molecule has 3 aromatic rings. The molecule has 1 atom stereocenters. The van der Waals surface area contributed by atoms with E-state index in [9.17, 15) is 14.7 Å². The first-order valence-electron chi connectivity index (χ1n) is 8.49. The maximum Gasteiger partial charge on any atom is 0.287 e. The minimum atomic E-state index is -1.15. The van der Waals surface area contributed by atoms with Crippen molar-refractivity contribution >= 4 is 28.5 Å². The minimum Gasteiger partial charge on any atom is -0.497 e. The van der Waals surface area contributed by atoms with Crippen molar-refractivity contribution in [3.05, 3.63) is 54.3 Å². The highest BCUT2D eigenvalue weighted by molar-refractivity contribution is 6.02. The van der Waals surface area contributed by atoms with E-state index < -0.39 is 24.5 Å². The molecule has 146 valence electrons. The second-order valence-electron chi connectivity index (χ2n) is 5.92. The highest BCUT2D eigenvalue weighted by atomic mass is 16.5. The molecule has 0 radical (unpaired) electrons. The van der Waals surface area contributed by atoms with E-state index in [2.05, 4.69) is 10.6 Å². The Balaban J connectivity index is 1.71. The van der Waals surface area contributed by atoms with Gasteiger partial charge in [-0.1, -0.05) is 12.1 Å². The molecule has 2 aromatic carbocycles. The number of anilines is 1. The highest BCUT2D eigenvalue weighted by Gasteiger charge is 2.23. The van der Waals surface area contributed by atoms with Gasteiger partial charge in [-0.3, -0.25) is 9.59 Å². The van der Waals surface area contributed by atoms with E-state index in [1.807, 2.05) is 0 Å². The van der Waals surface area contributed by atoms with Crippen LogP contribution in [0.15, 0.2) is 52.9 Å². The van der Waals surface area contributed by atoms with Gasteiger partial charge in [0.25, 0.3) is 5.91 Å². The van der Waals surface area contributed by atoms with E-state index in [-0.39, 0.29) is 5.76 Å². The number of aliphatic hydroxyl groups excluding tert-OH is 1. The first-order chi connectivity index (χ1) is 13.5. The van der Waals surface area contributed by atoms with Crippen molar-refractivity contribution in [2.45, 2.75) is 6.04 Å². The molecular formula is C20H20N2O6. The summed E-state index contributed by atoms with van der Waals surface area (Å²) in [4.78, 5) is 24.8. The summed E-state index contributed by atoms with van der Waals surface area (Å²) in [5.74, 6) is -0.0371. The number of amides is 2. The summed E-state index contributed by atoms with van der Waals surface area (Å²) < 4.78 is 15.8. The lowest BCUT2D eigenvalue weighted by molar-refractivity contribution is -0.118. The summed E-state index contributed by atoms with van der Waals surface area (Å²) in [5, 5.41) is 15.3. The lowest BCUT2D eigenvalue weighted by Gasteiger charge is -2.15. The molecule has 0 aliphatic carbocycles. The van der Waals surface area contributed by atoms with Gasteiger partial charge in [-0.25, -0.2) is 0 Å². The zero-order chi connectivity index (χ0) is 20.1. The van der Waals surface area contributed by atoms with Gasteiger partial charge in [0.15, 0.2) is 17.1 Å². The van der Waals surface area contributed by atoms with Crippen LogP contribution in [0.2, 0.25) is 0 Å². The average Bonchev–Trinajstić information content (AvgIpc) is 3.16. The molecule has 0 fully saturated rings. The number of para-hydroxylation sites is 1. The molecule has 0 saturated heterocycles. The number of aliphatic hydroxyl groups is 1. The van der Waals surface area contributed by atoms with Crippen molar-refractivity contribution < 1.29 is 28.6 Å². The fourth-order valence-corrected chi connectivity index (χ4v) is 2.64. The van der Waals surface area contributed by atoms with Crippen LogP contribution in [0.1, 0.15) is 10.6 Å². The molecule has 3 rings (SSSR count). The number of nitrogens with one attached hydrogen (secondary N) is 2. The Bertz CT molecular complexity index is 980. The number of fused-ring (bicyclic) bond motifs is 1. The fraction of sp³-hybridized carbons (Fsp3) is 0.200. The Labute approximate surface area is 161 Å². The van der Waals surface area contributed by atoms with Gasteiger partial charge in [0.1, 0.15) is 11.8 Å². The molecule has 0 spiro atoms. The standard InChI is InChI=1S/C20H20N2O6/c1-26-14-8-6-13(7-9-14)21-19(24)15(11-23)22-20(25)17-10-12-4-3-5-16(27-2)18(12)28-17/h3-10,15,23H,11H2,1-2H3,(H,21,24)(H,22,25). The number of hydrogen-bond acceptors (Lipinski definition) is 6. The summed E-state index contributed by atoms with van der Waals surface area (Å²) in [6, 6.07) is 12.3. The lowest BCUT2D eigenvalue weighted by Crippen LogP contribution is -2.46. The molecule has 1 heterocycles. The molecule has 0 bridgehead atoms. The van der Waals surface area contributed by atoms with Crippen LogP contribution in [-0.4, -0.2) is 43.8 Å². The van der Waals surface area contributed by atoms with Crippen LogP contribution in [0.3, 0.4) is 0 Å². The Morgan fingerprint density at radius 2 is 1.86 bits per heavy atom. The monoisotopic (exact) mass is 384 g/mol. The van der Waals surface area contributed by atoms with E-state index in [0.29, 0.717) is 28.2 Å². The molecule has 8 heteroatoms. The van der Waals surface area contributed by atoms with E-state index >= 15 is 0 Å². The molecule has 28 heavy (non-hydrogen) atoms. The van der Waals surface area contributed by atoms with Gasteiger partial charge in [-0.05, 0) is 36.4 Å². The van der Waals surface area contributed by atoms with Crippen LogP contribution >= 0.6 is 0 Å². The zero-order valence-electron chi connectivity index (χ0n) is 15.4. The van der Waals surface area contributed by atoms with Crippen molar-refractivity contribution in [1.29, 1.82) is 0 Å². The minimum absolute atomic E-state index is 0.00944. The van der Waals surface area contributed by atoms with Crippen LogP contribution in [0.5, 0.6) is 11.5 Å². The number of ether oxygens (including phenoxy) is 2. The third-order valence-corrected chi connectivity index (χ3v) is 4.11. The Morgan fingerprint density at radius 1 is 1.11 bits per heavy atom. The Hall–Kier alpha value is -3.52. The number of hydrogen-bond donors (Lipinski definition) is 3. The number of carbonyl (C=O) groups is 2. The summed E-state index contributed by atoms with van der Waals surface area (Å²) >= 11 is 0. The summed E-state index contributed by atoms with van der Waals surface area (Å²) in [6.45, 7) is -0.572. The van der Waals surface area contributed by atoms with Crippen molar-refractivity contribution in [3.8, 4) is 11.5 Å². The third-order valence-electron chi connectivity index (χ3n) is 4.11. The topological polar surface area (TPSA) is 110 Å². The maximum absolute atomic E-state index is 12.5. The molecule has 1 aromatic heterocycles. The van der Waals surface area contributed by atoms with Crippen molar-refractivity contribution in [3.63, 3.8) is 0 Å². The Kier molecular flexibility index (Phi) is 5.81. The number of benzene rings is 2. The van der Waals surface area contributed by atoms with Crippen molar-refractivity contribution in [1.82, 2.24) is 5.32 Å². The van der Waals surface area contributed by atoms with E-state index in [0.717, 1.165) is 0 Å². The van der Waals surface area contributed by atoms with Crippen molar-refractivity contribution in [2.24, 2.45) is 0 Å². The first kappa shape index (κ1) is 19.2. The third kappa shape index (κ3) is 4.07. The molecular weight excluding hydrogens is 364 g/mol. The van der Waals surface area contributed by atoms with E-state index in [1.54, 1.807) is 55.6 Å².